The predicted molar refractivity (Wildman–Crippen MR) is 75.5 cm³/mol. The second-order valence-corrected chi connectivity index (χ2v) is 4.18. The van der Waals surface area contributed by atoms with Gasteiger partial charge in [0.2, 0.25) is 5.75 Å². The molecule has 0 fully saturated rings. The van der Waals surface area contributed by atoms with Crippen LogP contribution in [0.1, 0.15) is 11.1 Å². The Labute approximate surface area is 118 Å². The molecule has 0 aliphatic rings. The van der Waals surface area contributed by atoms with Gasteiger partial charge in [-0.3, -0.25) is 0 Å². The van der Waals surface area contributed by atoms with Gasteiger partial charge in [0.1, 0.15) is 5.75 Å². The van der Waals surface area contributed by atoms with Crippen molar-refractivity contribution >= 4 is 0 Å². The summed E-state index contributed by atoms with van der Waals surface area (Å²) in [6.45, 7) is 1.87. The van der Waals surface area contributed by atoms with Gasteiger partial charge in [-0.05, 0) is 42.8 Å². The molecule has 0 aliphatic heterocycles. The van der Waals surface area contributed by atoms with Crippen LogP contribution in [0.4, 0.5) is 0 Å². The largest absolute Gasteiger partial charge is 0.493 e. The van der Waals surface area contributed by atoms with Crippen molar-refractivity contribution in [1.29, 1.82) is 5.26 Å². The van der Waals surface area contributed by atoms with Crippen molar-refractivity contribution in [1.82, 2.24) is 0 Å². The summed E-state index contributed by atoms with van der Waals surface area (Å²) < 4.78 is 16.4. The van der Waals surface area contributed by atoms with E-state index in [0.717, 1.165) is 5.56 Å². The molecule has 0 heterocycles. The number of para-hydroxylation sites is 1. The smallest absolute Gasteiger partial charge is 0.210 e. The van der Waals surface area contributed by atoms with Gasteiger partial charge in [0.15, 0.2) is 11.5 Å². The molecule has 0 saturated heterocycles. The molecule has 2 aromatic rings. The maximum atomic E-state index is 8.93. The molecule has 0 aliphatic carbocycles. The van der Waals surface area contributed by atoms with Gasteiger partial charge in [0.05, 0.1) is 25.9 Å². The van der Waals surface area contributed by atoms with Crippen LogP contribution in [0.5, 0.6) is 23.0 Å². The molecule has 0 saturated carbocycles. The van der Waals surface area contributed by atoms with E-state index in [0.29, 0.717) is 28.6 Å². The lowest BCUT2D eigenvalue weighted by Gasteiger charge is -2.14. The maximum absolute atomic E-state index is 8.93. The molecule has 0 bridgehead atoms. The summed E-state index contributed by atoms with van der Waals surface area (Å²) in [4.78, 5) is 0. The maximum Gasteiger partial charge on any atom is 0.210 e. The van der Waals surface area contributed by atoms with E-state index < -0.39 is 0 Å². The Morgan fingerprint density at radius 2 is 1.65 bits per heavy atom. The number of ether oxygens (including phenoxy) is 3. The number of nitriles is 1. The van der Waals surface area contributed by atoms with Crippen molar-refractivity contribution in [2.24, 2.45) is 0 Å². The molecule has 0 N–H and O–H groups in total. The van der Waals surface area contributed by atoms with Gasteiger partial charge in [-0.2, -0.15) is 5.26 Å². The first-order chi connectivity index (χ1) is 9.69. The van der Waals surface area contributed by atoms with Gasteiger partial charge >= 0.3 is 0 Å². The van der Waals surface area contributed by atoms with Crippen molar-refractivity contribution in [3.8, 4) is 29.1 Å². The van der Waals surface area contributed by atoms with Crippen molar-refractivity contribution in [2.45, 2.75) is 6.92 Å². The highest BCUT2D eigenvalue weighted by molar-refractivity contribution is 5.53. The summed E-state index contributed by atoms with van der Waals surface area (Å²) in [5.74, 6) is 2.32. The fourth-order valence-electron chi connectivity index (χ4n) is 1.86. The molecule has 2 rings (SSSR count). The minimum Gasteiger partial charge on any atom is -0.493 e. The molecule has 0 atom stereocenters. The highest BCUT2D eigenvalue weighted by Gasteiger charge is 2.12. The first-order valence-electron chi connectivity index (χ1n) is 6.09. The number of benzene rings is 2. The Kier molecular flexibility index (Phi) is 4.11. The normalized spacial score (nSPS) is 9.70. The molecular weight excluding hydrogens is 254 g/mol. The monoisotopic (exact) mass is 269 g/mol. The molecule has 20 heavy (non-hydrogen) atoms. The third-order valence-electron chi connectivity index (χ3n) is 2.92. The summed E-state index contributed by atoms with van der Waals surface area (Å²) in [5, 5.41) is 8.93. The van der Waals surface area contributed by atoms with Gasteiger partial charge in [-0.15, -0.1) is 0 Å². The second-order valence-electron chi connectivity index (χ2n) is 4.18. The number of nitrogens with zero attached hydrogens (tertiary/aromatic N) is 1. The Bertz CT molecular complexity index is 637. The molecule has 0 unspecified atom stereocenters. The van der Waals surface area contributed by atoms with Crippen molar-refractivity contribution in [3.05, 3.63) is 47.5 Å². The van der Waals surface area contributed by atoms with E-state index in [1.54, 1.807) is 38.5 Å². The number of methoxy groups -OCH3 is 2. The van der Waals surface area contributed by atoms with Gasteiger partial charge in [-0.25, -0.2) is 0 Å². The zero-order valence-electron chi connectivity index (χ0n) is 11.6. The number of aryl methyl sites for hydroxylation is 1. The van der Waals surface area contributed by atoms with E-state index in [-0.39, 0.29) is 0 Å². The van der Waals surface area contributed by atoms with E-state index in [1.165, 1.54) is 0 Å². The zero-order valence-corrected chi connectivity index (χ0v) is 11.6. The molecule has 4 nitrogen and oxygen atoms in total. The van der Waals surface area contributed by atoms with Gasteiger partial charge in [-0.1, -0.05) is 6.07 Å². The van der Waals surface area contributed by atoms with Crippen LogP contribution in [0.25, 0.3) is 0 Å². The highest BCUT2D eigenvalue weighted by Crippen LogP contribution is 2.40. The second kappa shape index (κ2) is 5.98. The first-order valence-corrected chi connectivity index (χ1v) is 6.09. The number of hydrogen-bond acceptors (Lipinski definition) is 4. The molecule has 2 aromatic carbocycles. The van der Waals surface area contributed by atoms with E-state index in [1.807, 2.05) is 19.1 Å². The molecule has 0 aromatic heterocycles. The third kappa shape index (κ3) is 2.67. The minimum atomic E-state index is 0.515. The quantitative estimate of drug-likeness (QED) is 0.849. The molecule has 4 heteroatoms. The topological polar surface area (TPSA) is 51.5 Å². The fraction of sp³-hybridized carbons (Fsp3) is 0.188. The van der Waals surface area contributed by atoms with E-state index in [4.69, 9.17) is 19.5 Å². The van der Waals surface area contributed by atoms with Crippen LogP contribution in [-0.4, -0.2) is 14.2 Å². The van der Waals surface area contributed by atoms with Crippen LogP contribution in [0, 0.1) is 18.3 Å². The zero-order chi connectivity index (χ0) is 14.5. The highest BCUT2D eigenvalue weighted by atomic mass is 16.5. The third-order valence-corrected chi connectivity index (χ3v) is 2.92. The summed E-state index contributed by atoms with van der Waals surface area (Å²) in [6, 6.07) is 12.8. The molecule has 102 valence electrons. The van der Waals surface area contributed by atoms with Crippen LogP contribution in [0.2, 0.25) is 0 Å². The van der Waals surface area contributed by atoms with E-state index >= 15 is 0 Å². The average molecular weight is 269 g/mol. The summed E-state index contributed by atoms with van der Waals surface area (Å²) >= 11 is 0. The Balaban J connectivity index is 2.39. The van der Waals surface area contributed by atoms with E-state index in [2.05, 4.69) is 6.07 Å². The summed E-state index contributed by atoms with van der Waals surface area (Å²) in [6.07, 6.45) is 0. The SMILES string of the molecule is COc1cccc(OC)c1Oc1ccc(C#N)c(C)c1. The van der Waals surface area contributed by atoms with Crippen LogP contribution >= 0.6 is 0 Å². The Morgan fingerprint density at radius 3 is 2.15 bits per heavy atom. The summed E-state index contributed by atoms with van der Waals surface area (Å²) in [5.41, 5.74) is 1.49. The lowest BCUT2D eigenvalue weighted by molar-refractivity contribution is 0.346. The minimum absolute atomic E-state index is 0.515. The lowest BCUT2D eigenvalue weighted by atomic mass is 10.1. The molecule has 0 amide bonds. The number of rotatable bonds is 4. The lowest BCUT2D eigenvalue weighted by Crippen LogP contribution is -1.95. The van der Waals surface area contributed by atoms with Crippen molar-refractivity contribution < 1.29 is 14.2 Å². The standard InChI is InChI=1S/C16H15NO3/c1-11-9-13(8-7-12(11)10-17)20-16-14(18-2)5-4-6-15(16)19-3/h4-9H,1-3H3. The van der Waals surface area contributed by atoms with Crippen LogP contribution in [0.3, 0.4) is 0 Å². The van der Waals surface area contributed by atoms with Gasteiger partial charge < -0.3 is 14.2 Å². The van der Waals surface area contributed by atoms with E-state index in [9.17, 15) is 0 Å². The van der Waals surface area contributed by atoms with Crippen LogP contribution in [-0.2, 0) is 0 Å². The average Bonchev–Trinajstić information content (AvgIpc) is 2.47. The number of hydrogen-bond donors (Lipinski definition) is 0. The van der Waals surface area contributed by atoms with Crippen molar-refractivity contribution in [2.75, 3.05) is 14.2 Å². The Morgan fingerprint density at radius 1 is 1.00 bits per heavy atom. The van der Waals surface area contributed by atoms with Crippen LogP contribution in [0.15, 0.2) is 36.4 Å². The fourth-order valence-corrected chi connectivity index (χ4v) is 1.86. The van der Waals surface area contributed by atoms with Gasteiger partial charge in [0.25, 0.3) is 0 Å². The first kappa shape index (κ1) is 13.8. The molecule has 0 radical (unpaired) electrons. The summed E-state index contributed by atoms with van der Waals surface area (Å²) in [7, 11) is 3.15. The van der Waals surface area contributed by atoms with Crippen LogP contribution < -0.4 is 14.2 Å². The Hall–Kier alpha value is -2.67. The predicted octanol–water partition coefficient (Wildman–Crippen LogP) is 3.68. The van der Waals surface area contributed by atoms with Crippen molar-refractivity contribution in [3.63, 3.8) is 0 Å². The van der Waals surface area contributed by atoms with Gasteiger partial charge in [0, 0.05) is 0 Å². The molecule has 0 spiro atoms. The molecular formula is C16H15NO3.